The van der Waals surface area contributed by atoms with Crippen LogP contribution in [0.1, 0.15) is 38.0 Å². The average molecular weight is 291 g/mol. The van der Waals surface area contributed by atoms with Crippen LogP contribution in [0.2, 0.25) is 0 Å². The van der Waals surface area contributed by atoms with Gasteiger partial charge in [0.1, 0.15) is 4.21 Å². The van der Waals surface area contributed by atoms with E-state index in [2.05, 4.69) is 11.6 Å². The molecule has 1 aromatic rings. The summed E-state index contributed by atoms with van der Waals surface area (Å²) in [5.41, 5.74) is 0. The van der Waals surface area contributed by atoms with E-state index in [1.807, 2.05) is 6.92 Å². The number of hydrogen-bond acceptors (Lipinski definition) is 4. The molecule has 0 amide bonds. The van der Waals surface area contributed by atoms with Gasteiger partial charge in [0.2, 0.25) is 10.0 Å². The molecule has 0 radical (unpaired) electrons. The maximum absolute atomic E-state index is 12.1. The molecular formula is C12H21NO3S2. The summed E-state index contributed by atoms with van der Waals surface area (Å²) in [5, 5.41) is 8.82. The summed E-state index contributed by atoms with van der Waals surface area (Å²) in [4.78, 5) is 0.888. The third-order valence-electron chi connectivity index (χ3n) is 2.61. The van der Waals surface area contributed by atoms with Crippen LogP contribution in [-0.4, -0.2) is 26.2 Å². The Morgan fingerprint density at radius 3 is 2.78 bits per heavy atom. The number of thiophene rings is 1. The van der Waals surface area contributed by atoms with Crippen molar-refractivity contribution in [2.24, 2.45) is 0 Å². The molecule has 18 heavy (non-hydrogen) atoms. The lowest BCUT2D eigenvalue weighted by molar-refractivity contribution is 0.300. The molecule has 1 heterocycles. The Morgan fingerprint density at radius 1 is 1.44 bits per heavy atom. The average Bonchev–Trinajstić information content (AvgIpc) is 2.75. The summed E-state index contributed by atoms with van der Waals surface area (Å²) < 4.78 is 27.1. The van der Waals surface area contributed by atoms with Crippen molar-refractivity contribution in [3.8, 4) is 0 Å². The van der Waals surface area contributed by atoms with Crippen LogP contribution >= 0.6 is 11.3 Å². The predicted octanol–water partition coefficient (Wildman–Crippen LogP) is 2.14. The lowest BCUT2D eigenvalue weighted by Gasteiger charge is -2.12. The third kappa shape index (κ3) is 4.68. The first-order valence-electron chi connectivity index (χ1n) is 6.21. The fourth-order valence-electron chi connectivity index (χ4n) is 1.64. The second kappa shape index (κ2) is 7.23. The number of unbranched alkanes of at least 4 members (excludes halogenated alkanes) is 1. The Kier molecular flexibility index (Phi) is 6.28. The van der Waals surface area contributed by atoms with Crippen LogP contribution in [0.25, 0.3) is 0 Å². The Morgan fingerprint density at radius 2 is 2.17 bits per heavy atom. The van der Waals surface area contributed by atoms with Crippen LogP contribution in [0.3, 0.4) is 0 Å². The quantitative estimate of drug-likeness (QED) is 0.771. The Labute approximate surface area is 113 Å². The highest BCUT2D eigenvalue weighted by Gasteiger charge is 2.19. The summed E-state index contributed by atoms with van der Waals surface area (Å²) in [5.74, 6) is 0. The zero-order valence-corrected chi connectivity index (χ0v) is 12.5. The molecule has 0 aliphatic carbocycles. The molecule has 1 atom stereocenters. The zero-order valence-electron chi connectivity index (χ0n) is 10.8. The minimum absolute atomic E-state index is 0.0420. The number of hydrogen-bond donors (Lipinski definition) is 2. The molecule has 0 spiro atoms. The molecule has 0 saturated heterocycles. The maximum atomic E-state index is 12.1. The molecule has 0 aliphatic rings. The lowest BCUT2D eigenvalue weighted by Crippen LogP contribution is -2.32. The number of nitrogens with one attached hydrogen (secondary N) is 1. The summed E-state index contributed by atoms with van der Waals surface area (Å²) in [6, 6.07) is 3.31. The van der Waals surface area contributed by atoms with E-state index in [0.717, 1.165) is 24.1 Å². The van der Waals surface area contributed by atoms with Crippen molar-refractivity contribution in [3.05, 3.63) is 17.0 Å². The van der Waals surface area contributed by atoms with E-state index in [9.17, 15) is 8.42 Å². The van der Waals surface area contributed by atoms with Gasteiger partial charge in [0.15, 0.2) is 0 Å². The monoisotopic (exact) mass is 291 g/mol. The molecule has 1 rings (SSSR count). The van der Waals surface area contributed by atoms with E-state index in [1.165, 1.54) is 11.3 Å². The molecule has 1 unspecified atom stereocenters. The Balaban J connectivity index is 2.67. The van der Waals surface area contributed by atoms with Crippen molar-refractivity contribution >= 4 is 21.4 Å². The molecule has 0 bridgehead atoms. The smallest absolute Gasteiger partial charge is 0.250 e. The first-order valence-corrected chi connectivity index (χ1v) is 8.51. The molecule has 2 N–H and O–H groups in total. The van der Waals surface area contributed by atoms with E-state index >= 15 is 0 Å². The Hall–Kier alpha value is -0.430. The van der Waals surface area contributed by atoms with Crippen LogP contribution < -0.4 is 4.72 Å². The largest absolute Gasteiger partial charge is 0.396 e. The molecule has 104 valence electrons. The lowest BCUT2D eigenvalue weighted by atomic mass is 10.2. The van der Waals surface area contributed by atoms with Crippen LogP contribution in [0.15, 0.2) is 16.3 Å². The van der Waals surface area contributed by atoms with E-state index < -0.39 is 10.0 Å². The van der Waals surface area contributed by atoms with Gasteiger partial charge in [-0.05, 0) is 25.5 Å². The Bertz CT molecular complexity index is 454. The molecule has 6 heteroatoms. The summed E-state index contributed by atoms with van der Waals surface area (Å²) in [7, 11) is -3.40. The minimum Gasteiger partial charge on any atom is -0.396 e. The standard InChI is InChI=1S/C12H21NO3S2/c1-3-4-5-10(2)13-18(15,16)12-7-6-11(17-12)8-9-14/h6-7,10,13-14H,3-5,8-9H2,1-2H3. The first kappa shape index (κ1) is 15.6. The fourth-order valence-corrected chi connectivity index (χ4v) is 4.28. The van der Waals surface area contributed by atoms with Gasteiger partial charge < -0.3 is 5.11 Å². The predicted molar refractivity (Wildman–Crippen MR) is 74.4 cm³/mol. The molecule has 0 saturated carbocycles. The van der Waals surface area contributed by atoms with Gasteiger partial charge in [0.05, 0.1) is 0 Å². The van der Waals surface area contributed by atoms with Gasteiger partial charge >= 0.3 is 0 Å². The van der Waals surface area contributed by atoms with Crippen molar-refractivity contribution in [1.29, 1.82) is 0 Å². The van der Waals surface area contributed by atoms with Gasteiger partial charge in [-0.15, -0.1) is 11.3 Å². The van der Waals surface area contributed by atoms with Gasteiger partial charge in [0.25, 0.3) is 0 Å². The van der Waals surface area contributed by atoms with Crippen LogP contribution in [-0.2, 0) is 16.4 Å². The van der Waals surface area contributed by atoms with E-state index in [1.54, 1.807) is 12.1 Å². The minimum atomic E-state index is -3.40. The van der Waals surface area contributed by atoms with Crippen molar-refractivity contribution in [2.75, 3.05) is 6.61 Å². The van der Waals surface area contributed by atoms with Crippen LogP contribution in [0.5, 0.6) is 0 Å². The summed E-state index contributed by atoms with van der Waals surface area (Å²) >= 11 is 1.22. The van der Waals surface area contributed by atoms with Crippen molar-refractivity contribution in [3.63, 3.8) is 0 Å². The molecule has 0 aromatic carbocycles. The van der Waals surface area contributed by atoms with E-state index in [-0.39, 0.29) is 12.6 Å². The highest BCUT2D eigenvalue weighted by molar-refractivity contribution is 7.91. The number of sulfonamides is 1. The highest BCUT2D eigenvalue weighted by Crippen LogP contribution is 2.22. The molecule has 4 nitrogen and oxygen atoms in total. The molecule has 1 aromatic heterocycles. The van der Waals surface area contributed by atoms with Gasteiger partial charge in [-0.1, -0.05) is 19.8 Å². The van der Waals surface area contributed by atoms with Crippen LogP contribution in [0, 0.1) is 0 Å². The van der Waals surface area contributed by atoms with Crippen LogP contribution in [0.4, 0.5) is 0 Å². The number of rotatable bonds is 8. The topological polar surface area (TPSA) is 66.4 Å². The number of aliphatic hydroxyl groups is 1. The summed E-state index contributed by atoms with van der Waals surface area (Å²) in [6.07, 6.45) is 3.44. The maximum Gasteiger partial charge on any atom is 0.250 e. The fraction of sp³-hybridized carbons (Fsp3) is 0.667. The highest BCUT2D eigenvalue weighted by atomic mass is 32.2. The SMILES string of the molecule is CCCCC(C)NS(=O)(=O)c1ccc(CCO)s1. The van der Waals surface area contributed by atoms with Gasteiger partial charge in [-0.25, -0.2) is 13.1 Å². The van der Waals surface area contributed by atoms with Crippen molar-refractivity contribution in [1.82, 2.24) is 4.72 Å². The van der Waals surface area contributed by atoms with Gasteiger partial charge in [-0.3, -0.25) is 0 Å². The second-order valence-corrected chi connectivity index (χ2v) is 7.47. The molecule has 0 aliphatic heterocycles. The van der Waals surface area contributed by atoms with Crippen molar-refractivity contribution in [2.45, 2.75) is 49.8 Å². The third-order valence-corrected chi connectivity index (χ3v) is 5.83. The second-order valence-electron chi connectivity index (χ2n) is 4.36. The first-order chi connectivity index (χ1) is 8.49. The zero-order chi connectivity index (χ0) is 13.6. The van der Waals surface area contributed by atoms with E-state index in [0.29, 0.717) is 10.6 Å². The summed E-state index contributed by atoms with van der Waals surface area (Å²) in [6.45, 7) is 4.01. The normalized spacial score (nSPS) is 13.7. The van der Waals surface area contributed by atoms with Crippen molar-refractivity contribution < 1.29 is 13.5 Å². The molecule has 0 fully saturated rings. The van der Waals surface area contributed by atoms with Gasteiger partial charge in [-0.2, -0.15) is 0 Å². The molecular weight excluding hydrogens is 270 g/mol. The van der Waals surface area contributed by atoms with Gasteiger partial charge in [0, 0.05) is 23.9 Å². The number of aliphatic hydroxyl groups excluding tert-OH is 1. The van der Waals surface area contributed by atoms with E-state index in [4.69, 9.17) is 5.11 Å².